The summed E-state index contributed by atoms with van der Waals surface area (Å²) in [7, 11) is -1.64. The molecule has 1 aliphatic heterocycles. The van der Waals surface area contributed by atoms with E-state index in [-0.39, 0.29) is 5.91 Å². The Morgan fingerprint density at radius 2 is 1.83 bits per heavy atom. The first-order valence-corrected chi connectivity index (χ1v) is 9.80. The first kappa shape index (κ1) is 18.9. The highest BCUT2D eigenvalue weighted by Crippen LogP contribution is 2.22. The van der Waals surface area contributed by atoms with Crippen LogP contribution < -0.4 is 5.32 Å². The zero-order chi connectivity index (χ0) is 17.7. The fraction of sp³-hybridized carbons (Fsp3) is 0.588. The minimum Gasteiger partial charge on any atom is -0.340 e. The van der Waals surface area contributed by atoms with Gasteiger partial charge in [-0.1, -0.05) is 12.1 Å². The van der Waals surface area contributed by atoms with Crippen LogP contribution >= 0.6 is 0 Å². The van der Waals surface area contributed by atoms with Crippen molar-refractivity contribution in [2.75, 3.05) is 39.8 Å². The minimum absolute atomic E-state index is 0.106. The number of hydrogen-bond acceptors (Lipinski definition) is 4. The number of amides is 1. The van der Waals surface area contributed by atoms with Gasteiger partial charge in [-0.15, -0.1) is 0 Å². The van der Waals surface area contributed by atoms with E-state index < -0.39 is 10.0 Å². The quantitative estimate of drug-likeness (QED) is 0.779. The lowest BCUT2D eigenvalue weighted by Gasteiger charge is -2.34. The molecular weight excluding hydrogens is 326 g/mol. The van der Waals surface area contributed by atoms with Crippen molar-refractivity contribution >= 4 is 15.9 Å². The summed E-state index contributed by atoms with van der Waals surface area (Å²) in [5.41, 5.74) is 1.68. The molecule has 0 aromatic heterocycles. The third kappa shape index (κ3) is 4.34. The SMILES string of the molecule is CNCCCC(=O)N1CCN(S(=O)(=O)c2cc(C)ccc2C)CC1. The summed E-state index contributed by atoms with van der Waals surface area (Å²) >= 11 is 0. The Morgan fingerprint density at radius 3 is 2.46 bits per heavy atom. The van der Waals surface area contributed by atoms with Crippen molar-refractivity contribution in [2.24, 2.45) is 0 Å². The molecule has 0 bridgehead atoms. The van der Waals surface area contributed by atoms with Gasteiger partial charge in [0.05, 0.1) is 4.90 Å². The summed E-state index contributed by atoms with van der Waals surface area (Å²) in [5.74, 6) is 0.106. The molecule has 1 fully saturated rings. The predicted molar refractivity (Wildman–Crippen MR) is 94.4 cm³/mol. The highest BCUT2D eigenvalue weighted by atomic mass is 32.2. The topological polar surface area (TPSA) is 69.7 Å². The minimum atomic E-state index is -3.50. The lowest BCUT2D eigenvalue weighted by Crippen LogP contribution is -2.50. The molecule has 0 unspecified atom stereocenters. The molecule has 1 aromatic carbocycles. The van der Waals surface area contributed by atoms with E-state index in [1.807, 2.05) is 33.0 Å². The molecule has 7 heteroatoms. The average molecular weight is 353 g/mol. The second-order valence-corrected chi connectivity index (χ2v) is 8.17. The molecule has 1 heterocycles. The molecule has 2 rings (SSSR count). The van der Waals surface area contributed by atoms with Crippen LogP contribution in [-0.4, -0.2) is 63.3 Å². The normalized spacial score (nSPS) is 16.4. The van der Waals surface area contributed by atoms with E-state index in [0.29, 0.717) is 37.5 Å². The molecule has 1 N–H and O–H groups in total. The third-order valence-electron chi connectivity index (χ3n) is 4.37. The highest BCUT2D eigenvalue weighted by Gasteiger charge is 2.30. The second-order valence-electron chi connectivity index (χ2n) is 6.26. The molecule has 0 saturated carbocycles. The Labute approximate surface area is 144 Å². The summed E-state index contributed by atoms with van der Waals surface area (Å²) in [4.78, 5) is 14.3. The number of carbonyl (C=O) groups is 1. The summed E-state index contributed by atoms with van der Waals surface area (Å²) in [6.07, 6.45) is 1.31. The Kier molecular flexibility index (Phi) is 6.37. The van der Waals surface area contributed by atoms with Gasteiger partial charge in [0.1, 0.15) is 0 Å². The number of aryl methyl sites for hydroxylation is 2. The molecule has 0 aliphatic carbocycles. The van der Waals surface area contributed by atoms with Gasteiger partial charge in [0.2, 0.25) is 15.9 Å². The fourth-order valence-corrected chi connectivity index (χ4v) is 4.61. The second kappa shape index (κ2) is 8.09. The van der Waals surface area contributed by atoms with E-state index in [9.17, 15) is 13.2 Å². The van der Waals surface area contributed by atoms with Gasteiger partial charge in [0, 0.05) is 32.6 Å². The van der Waals surface area contributed by atoms with Gasteiger partial charge in [0.25, 0.3) is 0 Å². The van der Waals surface area contributed by atoms with Crippen molar-refractivity contribution in [2.45, 2.75) is 31.6 Å². The van der Waals surface area contributed by atoms with Crippen LogP contribution in [-0.2, 0) is 14.8 Å². The molecule has 0 atom stereocenters. The third-order valence-corrected chi connectivity index (χ3v) is 6.41. The summed E-state index contributed by atoms with van der Waals surface area (Å²) < 4.78 is 27.2. The molecule has 0 spiro atoms. The van der Waals surface area contributed by atoms with Crippen molar-refractivity contribution < 1.29 is 13.2 Å². The van der Waals surface area contributed by atoms with Crippen LogP contribution in [0.2, 0.25) is 0 Å². The predicted octanol–water partition coefficient (Wildman–Crippen LogP) is 1.14. The molecule has 24 heavy (non-hydrogen) atoms. The maximum absolute atomic E-state index is 12.9. The number of nitrogens with zero attached hydrogens (tertiary/aromatic N) is 2. The zero-order valence-electron chi connectivity index (χ0n) is 14.7. The van der Waals surface area contributed by atoms with E-state index in [1.165, 1.54) is 4.31 Å². The van der Waals surface area contributed by atoms with Gasteiger partial charge < -0.3 is 10.2 Å². The maximum atomic E-state index is 12.9. The number of piperazine rings is 1. The van der Waals surface area contributed by atoms with Gasteiger partial charge >= 0.3 is 0 Å². The Bertz CT molecular complexity index is 680. The lowest BCUT2D eigenvalue weighted by molar-refractivity contribution is -0.132. The van der Waals surface area contributed by atoms with E-state index in [4.69, 9.17) is 0 Å². The number of carbonyl (C=O) groups excluding carboxylic acids is 1. The number of rotatable bonds is 6. The molecule has 134 valence electrons. The van der Waals surface area contributed by atoms with Gasteiger partial charge in [-0.25, -0.2) is 8.42 Å². The van der Waals surface area contributed by atoms with E-state index in [0.717, 1.165) is 24.1 Å². The van der Waals surface area contributed by atoms with E-state index >= 15 is 0 Å². The summed E-state index contributed by atoms with van der Waals surface area (Å²) in [5, 5.41) is 3.02. The molecule has 1 aliphatic rings. The van der Waals surface area contributed by atoms with E-state index in [1.54, 1.807) is 11.0 Å². The Morgan fingerprint density at radius 1 is 1.17 bits per heavy atom. The van der Waals surface area contributed by atoms with E-state index in [2.05, 4.69) is 5.32 Å². The first-order chi connectivity index (χ1) is 11.4. The van der Waals surface area contributed by atoms with Crippen molar-refractivity contribution in [1.82, 2.24) is 14.5 Å². The maximum Gasteiger partial charge on any atom is 0.243 e. The van der Waals surface area contributed by atoms with Gasteiger partial charge in [-0.05, 0) is 51.1 Å². The van der Waals surface area contributed by atoms with Gasteiger partial charge in [0.15, 0.2) is 0 Å². The lowest BCUT2D eigenvalue weighted by atomic mass is 10.2. The monoisotopic (exact) mass is 353 g/mol. The van der Waals surface area contributed by atoms with Gasteiger partial charge in [-0.3, -0.25) is 4.79 Å². The molecular formula is C17H27N3O3S. The van der Waals surface area contributed by atoms with Crippen molar-refractivity contribution in [3.8, 4) is 0 Å². The number of nitrogens with one attached hydrogen (secondary N) is 1. The molecule has 0 radical (unpaired) electrons. The van der Waals surface area contributed by atoms with Crippen LogP contribution in [0.3, 0.4) is 0 Å². The van der Waals surface area contributed by atoms with Crippen LogP contribution in [0.5, 0.6) is 0 Å². The Balaban J connectivity index is 2.01. The first-order valence-electron chi connectivity index (χ1n) is 8.36. The number of sulfonamides is 1. The zero-order valence-corrected chi connectivity index (χ0v) is 15.5. The van der Waals surface area contributed by atoms with Crippen LogP contribution in [0.25, 0.3) is 0 Å². The van der Waals surface area contributed by atoms with Crippen molar-refractivity contribution in [1.29, 1.82) is 0 Å². The summed E-state index contributed by atoms with van der Waals surface area (Å²) in [6, 6.07) is 5.47. The molecule has 6 nitrogen and oxygen atoms in total. The largest absolute Gasteiger partial charge is 0.340 e. The highest BCUT2D eigenvalue weighted by molar-refractivity contribution is 7.89. The van der Waals surface area contributed by atoms with Gasteiger partial charge in [-0.2, -0.15) is 4.31 Å². The average Bonchev–Trinajstić information content (AvgIpc) is 2.57. The van der Waals surface area contributed by atoms with Crippen molar-refractivity contribution in [3.05, 3.63) is 29.3 Å². The van der Waals surface area contributed by atoms with Crippen LogP contribution in [0.1, 0.15) is 24.0 Å². The number of benzene rings is 1. The fourth-order valence-electron chi connectivity index (χ4n) is 2.88. The molecule has 1 aromatic rings. The molecule has 1 saturated heterocycles. The summed E-state index contributed by atoms with van der Waals surface area (Å²) in [6.45, 7) is 6.15. The Hall–Kier alpha value is -1.44. The van der Waals surface area contributed by atoms with Crippen LogP contribution in [0.4, 0.5) is 0 Å². The van der Waals surface area contributed by atoms with Crippen molar-refractivity contribution in [3.63, 3.8) is 0 Å². The van der Waals surface area contributed by atoms with Crippen LogP contribution in [0.15, 0.2) is 23.1 Å². The molecule has 1 amide bonds. The van der Waals surface area contributed by atoms with Crippen LogP contribution in [0, 0.1) is 13.8 Å². The smallest absolute Gasteiger partial charge is 0.243 e. The number of hydrogen-bond donors (Lipinski definition) is 1. The standard InChI is InChI=1S/C17H27N3O3S/c1-14-6-7-15(2)16(13-14)24(22,23)20-11-9-19(10-12-20)17(21)5-4-8-18-3/h6-7,13,18H,4-5,8-12H2,1-3H3.